The maximum Gasteiger partial charge on any atom is 0.238 e. The van der Waals surface area contributed by atoms with E-state index in [-0.39, 0.29) is 35.5 Å². The van der Waals surface area contributed by atoms with Gasteiger partial charge in [0.25, 0.3) is 0 Å². The Morgan fingerprint density at radius 1 is 0.983 bits per heavy atom. The van der Waals surface area contributed by atoms with Gasteiger partial charge in [-0.2, -0.15) is 0 Å². The lowest BCUT2D eigenvalue weighted by molar-refractivity contribution is -0.139. The second-order valence-electron chi connectivity index (χ2n) is 17.4. The number of nitrogens with zero attached hydrogens (tertiary/aromatic N) is 6. The van der Waals surface area contributed by atoms with Crippen molar-refractivity contribution in [1.29, 1.82) is 0 Å². The summed E-state index contributed by atoms with van der Waals surface area (Å²) >= 11 is 0. The molecule has 0 radical (unpaired) electrons. The molecule has 1 unspecified atom stereocenters. The monoisotopic (exact) mass is 789 g/mol. The molecule has 1 aliphatic carbocycles. The van der Waals surface area contributed by atoms with Crippen LogP contribution in [0.1, 0.15) is 92.3 Å². The van der Waals surface area contributed by atoms with Crippen LogP contribution in [0.2, 0.25) is 0 Å². The van der Waals surface area contributed by atoms with Crippen molar-refractivity contribution in [1.82, 2.24) is 19.7 Å². The number of halogens is 1. The van der Waals surface area contributed by atoms with Crippen LogP contribution in [0.5, 0.6) is 0 Å². The molecule has 58 heavy (non-hydrogen) atoms. The van der Waals surface area contributed by atoms with E-state index >= 15 is 9.18 Å². The number of likely N-dealkylation sites (tertiary alicyclic amines) is 3. The lowest BCUT2D eigenvalue weighted by Crippen LogP contribution is -2.58. The van der Waals surface area contributed by atoms with Gasteiger partial charge in [-0.3, -0.25) is 19.2 Å². The maximum atomic E-state index is 15.5. The van der Waals surface area contributed by atoms with Crippen molar-refractivity contribution in [2.24, 2.45) is 5.92 Å². The summed E-state index contributed by atoms with van der Waals surface area (Å²) < 4.78 is 15.5. The fraction of sp³-hybridized carbons (Fsp3) is 0.500. The average Bonchev–Trinajstić information content (AvgIpc) is 3.78. The fourth-order valence-corrected chi connectivity index (χ4v) is 10.2. The number of fused-ring (bicyclic) bond motifs is 2. The van der Waals surface area contributed by atoms with Gasteiger partial charge in [0.2, 0.25) is 18.2 Å². The van der Waals surface area contributed by atoms with Crippen molar-refractivity contribution in [3.63, 3.8) is 0 Å². The summed E-state index contributed by atoms with van der Waals surface area (Å²) in [5.41, 5.74) is 5.41. The molecular weight excluding hydrogens is 734 g/mol. The number of carbonyl (C=O) groups is 4. The summed E-state index contributed by atoms with van der Waals surface area (Å²) in [6, 6.07) is 11.7. The Labute approximate surface area is 341 Å². The number of hydrogen-bond acceptors (Lipinski definition) is 8. The first-order chi connectivity index (χ1) is 28.0. The Morgan fingerprint density at radius 2 is 1.72 bits per heavy atom. The molecule has 4 aliphatic heterocycles. The number of aryl methyl sites for hydroxylation is 2. The Hall–Kier alpha value is -5.10. The van der Waals surface area contributed by atoms with Crippen LogP contribution in [0.3, 0.4) is 0 Å². The summed E-state index contributed by atoms with van der Waals surface area (Å²) in [5.74, 6) is -0.0555. The number of hydrogen-bond donors (Lipinski definition) is 1. The van der Waals surface area contributed by atoms with Gasteiger partial charge >= 0.3 is 0 Å². The van der Waals surface area contributed by atoms with Crippen LogP contribution in [0.15, 0.2) is 49.2 Å². The molecular formula is C46H56FN7O4. The predicted octanol–water partition coefficient (Wildman–Crippen LogP) is 7.12. The second-order valence-corrected chi connectivity index (χ2v) is 17.4. The van der Waals surface area contributed by atoms with E-state index in [2.05, 4.69) is 33.8 Å². The van der Waals surface area contributed by atoms with E-state index in [1.54, 1.807) is 18.0 Å². The first kappa shape index (κ1) is 39.7. The summed E-state index contributed by atoms with van der Waals surface area (Å²) in [6.07, 6.45) is 10.6. The lowest BCUT2D eigenvalue weighted by atomic mass is 9.73. The molecule has 4 fully saturated rings. The van der Waals surface area contributed by atoms with Gasteiger partial charge in [-0.25, -0.2) is 9.37 Å². The van der Waals surface area contributed by atoms with Gasteiger partial charge in [-0.15, -0.1) is 0 Å². The molecule has 3 saturated heterocycles. The van der Waals surface area contributed by atoms with Crippen molar-refractivity contribution >= 4 is 47.4 Å². The van der Waals surface area contributed by atoms with E-state index in [1.165, 1.54) is 31.4 Å². The third-order valence-electron chi connectivity index (χ3n) is 13.6. The summed E-state index contributed by atoms with van der Waals surface area (Å²) in [4.78, 5) is 67.2. The smallest absolute Gasteiger partial charge is 0.238 e. The van der Waals surface area contributed by atoms with E-state index in [0.717, 1.165) is 66.7 Å². The third-order valence-corrected chi connectivity index (χ3v) is 13.6. The summed E-state index contributed by atoms with van der Waals surface area (Å²) in [7, 11) is 0. The van der Waals surface area contributed by atoms with Crippen molar-refractivity contribution in [2.45, 2.75) is 103 Å². The third kappa shape index (κ3) is 6.96. The van der Waals surface area contributed by atoms with Gasteiger partial charge in [-0.05, 0) is 133 Å². The number of benzene rings is 2. The van der Waals surface area contributed by atoms with Crippen molar-refractivity contribution in [3.05, 3.63) is 77.2 Å². The minimum Gasteiger partial charge on any atom is -0.344 e. The molecule has 1 saturated carbocycles. The molecule has 1 atom stereocenters. The maximum absolute atomic E-state index is 15.5. The van der Waals surface area contributed by atoms with Gasteiger partial charge in [0.05, 0.1) is 28.4 Å². The summed E-state index contributed by atoms with van der Waals surface area (Å²) in [6.45, 7) is 16.1. The Bertz CT molecular complexity index is 2120. The highest BCUT2D eigenvalue weighted by Gasteiger charge is 2.56. The molecule has 5 heterocycles. The van der Waals surface area contributed by atoms with Crippen molar-refractivity contribution in [2.75, 3.05) is 54.4 Å². The molecule has 12 heteroatoms. The van der Waals surface area contributed by atoms with Gasteiger partial charge in [0.1, 0.15) is 12.1 Å². The molecule has 1 N–H and O–H groups in total. The van der Waals surface area contributed by atoms with Gasteiger partial charge in [0.15, 0.2) is 5.82 Å². The van der Waals surface area contributed by atoms with E-state index in [4.69, 9.17) is 4.98 Å². The van der Waals surface area contributed by atoms with Crippen LogP contribution in [-0.4, -0.2) is 102 Å². The minimum absolute atomic E-state index is 0.0238. The molecule has 1 aromatic heterocycles. The van der Waals surface area contributed by atoms with Crippen LogP contribution in [0, 0.1) is 25.6 Å². The number of carbonyl (C=O) groups excluding carboxylic acids is 4. The molecule has 3 amide bonds. The zero-order valence-corrected chi connectivity index (χ0v) is 34.3. The molecule has 2 aromatic carbocycles. The first-order valence-corrected chi connectivity index (χ1v) is 21.1. The predicted molar refractivity (Wildman–Crippen MR) is 225 cm³/mol. The standard InChI is InChI=1S/C46H56FN7O4/c1-6-53(29(2)3)42-31(5)21-39(48-43(42)49-40-22-34(27-55)30(4)20-38(40)47)32-10-11-37-41(23-32)54(36-24-35(25-36)51-15-8-7-9-16-51)45(58)46(37)13-18-52(19-14-46)44(57)33-12-17-50(26-33)28-56/h6,10-11,20-23,27-29,33,35-36H,1,7-9,12-19,24-26H2,2-5H3,(H,48,49). The highest BCUT2D eigenvalue weighted by atomic mass is 19.1. The number of anilines is 4. The van der Waals surface area contributed by atoms with Crippen molar-refractivity contribution in [3.8, 4) is 11.3 Å². The number of aldehydes is 1. The van der Waals surface area contributed by atoms with E-state index in [0.29, 0.717) is 74.1 Å². The average molecular weight is 790 g/mol. The van der Waals surface area contributed by atoms with Crippen molar-refractivity contribution < 1.29 is 23.6 Å². The molecule has 306 valence electrons. The Kier molecular flexibility index (Phi) is 10.9. The quantitative estimate of drug-likeness (QED) is 0.205. The van der Waals surface area contributed by atoms with Crippen LogP contribution in [0.25, 0.3) is 11.3 Å². The Morgan fingerprint density at radius 3 is 2.38 bits per heavy atom. The number of piperidine rings is 2. The first-order valence-electron chi connectivity index (χ1n) is 21.1. The number of amides is 3. The number of aromatic nitrogens is 1. The zero-order chi connectivity index (χ0) is 40.9. The highest BCUT2D eigenvalue weighted by Crippen LogP contribution is 2.52. The zero-order valence-electron chi connectivity index (χ0n) is 34.3. The van der Waals surface area contributed by atoms with Gasteiger partial charge in [0, 0.05) is 61.1 Å². The molecule has 5 aliphatic rings. The second kappa shape index (κ2) is 15.9. The molecule has 0 bridgehead atoms. The normalized spacial score (nSPS) is 22.9. The molecule has 3 aromatic rings. The van der Waals surface area contributed by atoms with Crippen LogP contribution in [-0.2, 0) is 19.8 Å². The largest absolute Gasteiger partial charge is 0.344 e. The SMILES string of the molecule is C=CN(c1c(C)cc(-c2ccc3c(c2)N(C2CC(N4CCCCC4)C2)C(=O)C32CCN(C(=O)C3CCN(C=O)C3)CC2)nc1Nc1cc(C=O)c(C)cc1F)C(C)C. The van der Waals surface area contributed by atoms with E-state index in [9.17, 15) is 14.4 Å². The van der Waals surface area contributed by atoms with Gasteiger partial charge < -0.3 is 29.8 Å². The fourth-order valence-electron chi connectivity index (χ4n) is 10.2. The van der Waals surface area contributed by atoms with E-state index < -0.39 is 11.2 Å². The number of nitrogens with one attached hydrogen (secondary N) is 1. The topological polar surface area (TPSA) is 109 Å². The molecule has 1 spiro atoms. The van der Waals surface area contributed by atoms with Crippen LogP contribution >= 0.6 is 0 Å². The Balaban J connectivity index is 1.15. The van der Waals surface area contributed by atoms with Crippen LogP contribution in [0.4, 0.5) is 27.3 Å². The highest BCUT2D eigenvalue weighted by molar-refractivity contribution is 6.09. The molecule has 11 nitrogen and oxygen atoms in total. The van der Waals surface area contributed by atoms with E-state index in [1.807, 2.05) is 42.7 Å². The van der Waals surface area contributed by atoms with Crippen LogP contribution < -0.4 is 15.1 Å². The molecule has 8 rings (SSSR count). The van der Waals surface area contributed by atoms with Gasteiger partial charge in [-0.1, -0.05) is 25.1 Å². The number of rotatable bonds is 11. The number of pyridine rings is 1. The summed E-state index contributed by atoms with van der Waals surface area (Å²) in [5, 5.41) is 3.23. The minimum atomic E-state index is -0.730. The lowest BCUT2D eigenvalue weighted by Gasteiger charge is -2.48.